The molecule has 0 amide bonds. The molecule has 0 radical (unpaired) electrons. The summed E-state index contributed by atoms with van der Waals surface area (Å²) in [5.74, 6) is -0.975. The number of halogens is 4. The van der Waals surface area contributed by atoms with Gasteiger partial charge in [-0.15, -0.1) is 0 Å². The number of nitrogens with one attached hydrogen (secondary N) is 1. The van der Waals surface area contributed by atoms with E-state index >= 15 is 0 Å². The van der Waals surface area contributed by atoms with Crippen molar-refractivity contribution >= 4 is 0 Å². The first kappa shape index (κ1) is 13.7. The van der Waals surface area contributed by atoms with Crippen LogP contribution in [0.4, 0.5) is 17.6 Å². The maximum Gasteiger partial charge on any atom is 0.428 e. The molecule has 1 N–H and O–H groups in total. The molecule has 6 heteroatoms. The zero-order valence-corrected chi connectivity index (χ0v) is 10.8. The average Bonchev–Trinajstić information content (AvgIpc) is 2.79. The number of alkyl halides is 3. The van der Waals surface area contributed by atoms with E-state index in [1.807, 2.05) is 0 Å². The van der Waals surface area contributed by atoms with Gasteiger partial charge in [-0.2, -0.15) is 13.2 Å². The van der Waals surface area contributed by atoms with Gasteiger partial charge in [-0.05, 0) is 44.1 Å². The summed E-state index contributed by atoms with van der Waals surface area (Å²) in [5.41, 5.74) is -1.90. The van der Waals surface area contributed by atoms with Crippen LogP contribution in [0, 0.1) is 11.7 Å². The summed E-state index contributed by atoms with van der Waals surface area (Å²) >= 11 is 0. The lowest BCUT2D eigenvalue weighted by atomic mass is 9.77. The smallest absolute Gasteiger partial charge is 0.428 e. The van der Waals surface area contributed by atoms with Crippen molar-refractivity contribution < 1.29 is 22.3 Å². The van der Waals surface area contributed by atoms with Gasteiger partial charge in [0.1, 0.15) is 11.6 Å². The molecule has 1 fully saturated rings. The molecule has 1 saturated heterocycles. The zero-order valence-electron chi connectivity index (χ0n) is 10.8. The van der Waals surface area contributed by atoms with Gasteiger partial charge in [-0.1, -0.05) is 0 Å². The molecule has 110 valence electrons. The minimum atomic E-state index is -4.47. The number of piperidine rings is 1. The highest BCUT2D eigenvalue weighted by atomic mass is 19.4. The second-order valence-corrected chi connectivity index (χ2v) is 5.44. The highest BCUT2D eigenvalue weighted by Crippen LogP contribution is 2.50. The first-order valence-electron chi connectivity index (χ1n) is 6.67. The summed E-state index contributed by atoms with van der Waals surface area (Å²) in [6.07, 6.45) is -3.94. The van der Waals surface area contributed by atoms with Gasteiger partial charge in [0.05, 0.1) is 0 Å². The predicted octanol–water partition coefficient (Wildman–Crippen LogP) is 3.06. The SMILES string of the molecule is Fc1ccc2c(c1)CC(C1CCNCC1)(C(F)(F)F)O2. The molecule has 20 heavy (non-hydrogen) atoms. The average molecular weight is 289 g/mol. The normalized spacial score (nSPS) is 27.2. The van der Waals surface area contributed by atoms with Gasteiger partial charge in [-0.25, -0.2) is 4.39 Å². The molecule has 2 aliphatic heterocycles. The van der Waals surface area contributed by atoms with E-state index in [-0.39, 0.29) is 12.2 Å². The Kier molecular flexibility index (Phi) is 3.16. The first-order valence-corrected chi connectivity index (χ1v) is 6.67. The Bertz CT molecular complexity index is 510. The minimum Gasteiger partial charge on any atom is -0.477 e. The first-order chi connectivity index (χ1) is 9.42. The fourth-order valence-electron chi connectivity index (χ4n) is 3.21. The molecule has 2 aliphatic rings. The second kappa shape index (κ2) is 4.62. The highest BCUT2D eigenvalue weighted by Gasteiger charge is 2.64. The Morgan fingerprint density at radius 2 is 1.90 bits per heavy atom. The summed E-state index contributed by atoms with van der Waals surface area (Å²) in [4.78, 5) is 0. The van der Waals surface area contributed by atoms with E-state index in [2.05, 4.69) is 5.32 Å². The number of hydrogen-bond acceptors (Lipinski definition) is 2. The van der Waals surface area contributed by atoms with Crippen molar-refractivity contribution in [1.82, 2.24) is 5.32 Å². The van der Waals surface area contributed by atoms with E-state index in [0.717, 1.165) is 12.1 Å². The van der Waals surface area contributed by atoms with Crippen LogP contribution in [0.5, 0.6) is 5.75 Å². The molecule has 0 bridgehead atoms. The van der Waals surface area contributed by atoms with Gasteiger partial charge in [0.25, 0.3) is 0 Å². The fourth-order valence-corrected chi connectivity index (χ4v) is 3.21. The highest BCUT2D eigenvalue weighted by molar-refractivity contribution is 5.40. The number of hydrogen-bond donors (Lipinski definition) is 1. The summed E-state index contributed by atoms with van der Waals surface area (Å²) < 4.78 is 59.4. The van der Waals surface area contributed by atoms with Crippen molar-refractivity contribution in [3.8, 4) is 5.75 Å². The van der Waals surface area contributed by atoms with Gasteiger partial charge < -0.3 is 10.1 Å². The van der Waals surface area contributed by atoms with Gasteiger partial charge in [0.2, 0.25) is 5.60 Å². The van der Waals surface area contributed by atoms with Crippen molar-refractivity contribution in [1.29, 1.82) is 0 Å². The molecule has 2 nitrogen and oxygen atoms in total. The lowest BCUT2D eigenvalue weighted by Crippen LogP contribution is -2.57. The van der Waals surface area contributed by atoms with Gasteiger partial charge >= 0.3 is 6.18 Å². The van der Waals surface area contributed by atoms with E-state index in [9.17, 15) is 17.6 Å². The predicted molar refractivity (Wildman–Crippen MR) is 65.1 cm³/mol. The lowest BCUT2D eigenvalue weighted by Gasteiger charge is -2.40. The summed E-state index contributed by atoms with van der Waals surface area (Å²) in [5, 5.41) is 3.05. The molecule has 1 unspecified atom stereocenters. The number of fused-ring (bicyclic) bond motifs is 1. The molecule has 1 aromatic rings. The molecule has 3 rings (SSSR count). The Morgan fingerprint density at radius 3 is 2.55 bits per heavy atom. The number of rotatable bonds is 1. The lowest BCUT2D eigenvalue weighted by molar-refractivity contribution is -0.263. The maximum absolute atomic E-state index is 13.6. The van der Waals surface area contributed by atoms with Gasteiger partial charge in [0, 0.05) is 17.9 Å². The molecule has 0 aromatic heterocycles. The van der Waals surface area contributed by atoms with Crippen LogP contribution in [0.3, 0.4) is 0 Å². The van der Waals surface area contributed by atoms with Crippen LogP contribution in [-0.2, 0) is 6.42 Å². The van der Waals surface area contributed by atoms with Crippen molar-refractivity contribution in [2.45, 2.75) is 31.0 Å². The quantitative estimate of drug-likeness (QED) is 0.802. The van der Waals surface area contributed by atoms with E-state index < -0.39 is 23.5 Å². The molecular weight excluding hydrogens is 274 g/mol. The Morgan fingerprint density at radius 1 is 1.20 bits per heavy atom. The Hall–Kier alpha value is -1.30. The van der Waals surface area contributed by atoms with Crippen molar-refractivity contribution in [2.75, 3.05) is 13.1 Å². The molecule has 0 spiro atoms. The van der Waals surface area contributed by atoms with E-state index in [1.165, 1.54) is 6.07 Å². The van der Waals surface area contributed by atoms with E-state index in [4.69, 9.17) is 4.74 Å². The van der Waals surface area contributed by atoms with Crippen LogP contribution in [0.1, 0.15) is 18.4 Å². The summed E-state index contributed by atoms with van der Waals surface area (Å²) in [6, 6.07) is 3.57. The third kappa shape index (κ3) is 2.06. The minimum absolute atomic E-state index is 0.155. The van der Waals surface area contributed by atoms with Crippen molar-refractivity contribution in [2.24, 2.45) is 5.92 Å². The fraction of sp³-hybridized carbons (Fsp3) is 0.571. The van der Waals surface area contributed by atoms with Crippen molar-refractivity contribution in [3.05, 3.63) is 29.6 Å². The number of benzene rings is 1. The van der Waals surface area contributed by atoms with Crippen LogP contribution >= 0.6 is 0 Å². The Balaban J connectivity index is 1.98. The van der Waals surface area contributed by atoms with Gasteiger partial charge in [-0.3, -0.25) is 0 Å². The molecule has 0 aliphatic carbocycles. The largest absolute Gasteiger partial charge is 0.477 e. The Labute approximate surface area is 114 Å². The molecule has 0 saturated carbocycles. The van der Waals surface area contributed by atoms with Crippen LogP contribution in [-0.4, -0.2) is 24.9 Å². The van der Waals surface area contributed by atoms with E-state index in [1.54, 1.807) is 0 Å². The third-order valence-electron chi connectivity index (χ3n) is 4.25. The molecule has 1 atom stereocenters. The summed E-state index contributed by atoms with van der Waals surface area (Å²) in [7, 11) is 0. The van der Waals surface area contributed by atoms with Crippen LogP contribution < -0.4 is 10.1 Å². The second-order valence-electron chi connectivity index (χ2n) is 5.44. The maximum atomic E-state index is 13.6. The molecule has 2 heterocycles. The topological polar surface area (TPSA) is 21.3 Å². The standard InChI is InChI=1S/C14H15F4NO/c15-11-1-2-12-9(7-11)8-13(20-12,14(16,17)18)10-3-5-19-6-4-10/h1-2,7,10,19H,3-6,8H2. The van der Waals surface area contributed by atoms with Crippen LogP contribution in [0.25, 0.3) is 0 Å². The van der Waals surface area contributed by atoms with Crippen LogP contribution in [0.2, 0.25) is 0 Å². The van der Waals surface area contributed by atoms with Gasteiger partial charge in [0.15, 0.2) is 0 Å². The molecular formula is C14H15F4NO. The monoisotopic (exact) mass is 289 g/mol. The number of ether oxygens (including phenoxy) is 1. The molecule has 1 aromatic carbocycles. The van der Waals surface area contributed by atoms with Crippen LogP contribution in [0.15, 0.2) is 18.2 Å². The zero-order chi connectivity index (χ0) is 14.4. The summed E-state index contributed by atoms with van der Waals surface area (Å²) in [6.45, 7) is 1.10. The van der Waals surface area contributed by atoms with E-state index in [0.29, 0.717) is 31.5 Å². The third-order valence-corrected chi connectivity index (χ3v) is 4.25. The van der Waals surface area contributed by atoms with Crippen molar-refractivity contribution in [3.63, 3.8) is 0 Å².